The van der Waals surface area contributed by atoms with Crippen LogP contribution in [0.4, 0.5) is 0 Å². The van der Waals surface area contributed by atoms with E-state index in [0.717, 1.165) is 24.9 Å². The highest BCUT2D eigenvalue weighted by Gasteiger charge is 2.36. The summed E-state index contributed by atoms with van der Waals surface area (Å²) in [6, 6.07) is 2.24. The number of rotatable bonds is 5. The van der Waals surface area contributed by atoms with E-state index in [2.05, 4.69) is 42.6 Å². The van der Waals surface area contributed by atoms with Crippen LogP contribution in [0.25, 0.3) is 0 Å². The van der Waals surface area contributed by atoms with Gasteiger partial charge in [0.15, 0.2) is 0 Å². The summed E-state index contributed by atoms with van der Waals surface area (Å²) >= 11 is 1.79. The first-order valence-corrected chi connectivity index (χ1v) is 8.94. The van der Waals surface area contributed by atoms with Crippen LogP contribution in [0.1, 0.15) is 51.5 Å². The lowest BCUT2D eigenvalue weighted by Gasteiger charge is -2.41. The van der Waals surface area contributed by atoms with Gasteiger partial charge in [-0.2, -0.15) is 11.3 Å². The minimum Gasteiger partial charge on any atom is -0.329 e. The predicted molar refractivity (Wildman–Crippen MR) is 89.0 cm³/mol. The molecular formula is C17H30N2S. The fourth-order valence-electron chi connectivity index (χ4n) is 3.65. The third kappa shape index (κ3) is 3.63. The van der Waals surface area contributed by atoms with Crippen molar-refractivity contribution in [3.8, 4) is 0 Å². The van der Waals surface area contributed by atoms with Crippen LogP contribution in [0.3, 0.4) is 0 Å². The molecule has 2 rings (SSSR count). The second-order valence-electron chi connectivity index (χ2n) is 6.85. The van der Waals surface area contributed by atoms with Gasteiger partial charge in [-0.25, -0.2) is 0 Å². The summed E-state index contributed by atoms with van der Waals surface area (Å²) in [7, 11) is 2.26. The molecule has 0 saturated heterocycles. The van der Waals surface area contributed by atoms with Crippen molar-refractivity contribution < 1.29 is 0 Å². The van der Waals surface area contributed by atoms with Gasteiger partial charge in [0, 0.05) is 18.6 Å². The second kappa shape index (κ2) is 7.06. The first-order chi connectivity index (χ1) is 9.57. The highest BCUT2D eigenvalue weighted by Crippen LogP contribution is 2.37. The van der Waals surface area contributed by atoms with Crippen LogP contribution in [0.5, 0.6) is 0 Å². The molecule has 1 aromatic rings. The lowest BCUT2D eigenvalue weighted by Crippen LogP contribution is -2.51. The molecule has 0 spiro atoms. The van der Waals surface area contributed by atoms with E-state index in [1.165, 1.54) is 37.7 Å². The van der Waals surface area contributed by atoms with Crippen LogP contribution in [0.15, 0.2) is 16.8 Å². The minimum atomic E-state index is 0.214. The Labute approximate surface area is 128 Å². The molecule has 1 fully saturated rings. The van der Waals surface area contributed by atoms with Crippen molar-refractivity contribution >= 4 is 11.3 Å². The Bertz CT molecular complexity index is 388. The molecule has 0 aromatic carbocycles. The normalized spacial score (nSPS) is 28.0. The van der Waals surface area contributed by atoms with E-state index < -0.39 is 0 Å². The third-order valence-corrected chi connectivity index (χ3v) is 6.06. The lowest BCUT2D eigenvalue weighted by molar-refractivity contribution is 0.0977. The van der Waals surface area contributed by atoms with E-state index in [4.69, 9.17) is 5.73 Å². The van der Waals surface area contributed by atoms with Crippen molar-refractivity contribution in [2.24, 2.45) is 17.6 Å². The first kappa shape index (κ1) is 16.0. The smallest absolute Gasteiger partial charge is 0.0332 e. The monoisotopic (exact) mass is 294 g/mol. The Morgan fingerprint density at radius 2 is 2.20 bits per heavy atom. The largest absolute Gasteiger partial charge is 0.329 e. The molecule has 0 amide bonds. The predicted octanol–water partition coefficient (Wildman–Crippen LogP) is 4.11. The Balaban J connectivity index is 2.04. The van der Waals surface area contributed by atoms with Gasteiger partial charge in [-0.05, 0) is 60.5 Å². The van der Waals surface area contributed by atoms with Crippen LogP contribution in [0, 0.1) is 11.8 Å². The summed E-state index contributed by atoms with van der Waals surface area (Å²) in [6.45, 7) is 6.57. The highest BCUT2D eigenvalue weighted by molar-refractivity contribution is 7.07. The molecule has 2 nitrogen and oxygen atoms in total. The van der Waals surface area contributed by atoms with Crippen LogP contribution >= 0.6 is 11.3 Å². The summed E-state index contributed by atoms with van der Waals surface area (Å²) in [5, 5.41) is 4.43. The Hall–Kier alpha value is -0.380. The molecule has 2 atom stereocenters. The zero-order chi connectivity index (χ0) is 14.6. The lowest BCUT2D eigenvalue weighted by atomic mass is 9.85. The number of hydrogen-bond donors (Lipinski definition) is 1. The van der Waals surface area contributed by atoms with Gasteiger partial charge in [-0.15, -0.1) is 0 Å². The average molecular weight is 295 g/mol. The van der Waals surface area contributed by atoms with Crippen molar-refractivity contribution in [1.29, 1.82) is 0 Å². The topological polar surface area (TPSA) is 29.3 Å². The Morgan fingerprint density at radius 3 is 2.80 bits per heavy atom. The number of nitrogens with two attached hydrogens (primary N) is 1. The molecule has 0 aliphatic heterocycles. The van der Waals surface area contributed by atoms with Gasteiger partial charge in [-0.3, -0.25) is 4.90 Å². The van der Waals surface area contributed by atoms with Gasteiger partial charge in [0.05, 0.1) is 0 Å². The van der Waals surface area contributed by atoms with E-state index >= 15 is 0 Å². The summed E-state index contributed by atoms with van der Waals surface area (Å²) < 4.78 is 0. The molecular weight excluding hydrogens is 264 g/mol. The molecule has 20 heavy (non-hydrogen) atoms. The zero-order valence-corrected chi connectivity index (χ0v) is 14.1. The van der Waals surface area contributed by atoms with Crippen molar-refractivity contribution in [3.63, 3.8) is 0 Å². The molecule has 1 aliphatic rings. The van der Waals surface area contributed by atoms with Gasteiger partial charge in [0.2, 0.25) is 0 Å². The van der Waals surface area contributed by atoms with Crippen LogP contribution in [-0.4, -0.2) is 24.0 Å². The van der Waals surface area contributed by atoms with Gasteiger partial charge < -0.3 is 5.73 Å². The number of likely N-dealkylation sites (N-methyl/N-ethyl adjacent to an activating group) is 1. The van der Waals surface area contributed by atoms with Crippen molar-refractivity contribution in [1.82, 2.24) is 4.90 Å². The van der Waals surface area contributed by atoms with E-state index in [1.54, 1.807) is 11.3 Å². The zero-order valence-electron chi connectivity index (χ0n) is 13.3. The minimum absolute atomic E-state index is 0.214. The molecule has 1 aromatic heterocycles. The molecule has 1 aliphatic carbocycles. The van der Waals surface area contributed by atoms with Gasteiger partial charge in [-0.1, -0.05) is 26.7 Å². The fourth-order valence-corrected chi connectivity index (χ4v) is 4.31. The maximum absolute atomic E-state index is 6.22. The molecule has 1 saturated carbocycles. The molecule has 1 heterocycles. The standard InChI is InChI=1S/C17H30N2S/c1-14(2)16-5-4-8-17(13-18,9-6-16)19(3)11-15-7-10-20-12-15/h7,10,12,14,16H,4-6,8-9,11,13,18H2,1-3H3. The second-order valence-corrected chi connectivity index (χ2v) is 7.63. The quantitative estimate of drug-likeness (QED) is 0.828. The molecule has 0 bridgehead atoms. The van der Waals surface area contributed by atoms with Crippen molar-refractivity contribution in [3.05, 3.63) is 22.4 Å². The maximum Gasteiger partial charge on any atom is 0.0332 e. The number of thiophene rings is 1. The average Bonchev–Trinajstić information content (AvgIpc) is 2.82. The van der Waals surface area contributed by atoms with Gasteiger partial charge in [0.1, 0.15) is 0 Å². The maximum atomic E-state index is 6.22. The van der Waals surface area contributed by atoms with Crippen molar-refractivity contribution in [2.75, 3.05) is 13.6 Å². The molecule has 0 radical (unpaired) electrons. The first-order valence-electron chi connectivity index (χ1n) is 8.00. The molecule has 3 heteroatoms. The van der Waals surface area contributed by atoms with Crippen LogP contribution < -0.4 is 5.73 Å². The summed E-state index contributed by atoms with van der Waals surface area (Å²) in [5.74, 6) is 1.70. The van der Waals surface area contributed by atoms with Crippen molar-refractivity contribution in [2.45, 2.75) is 58.0 Å². The SMILES string of the molecule is CC(C)C1CCCC(CN)(N(C)Cc2ccsc2)CC1. The summed E-state index contributed by atoms with van der Waals surface area (Å²) in [5.41, 5.74) is 7.86. The molecule has 2 unspecified atom stereocenters. The van der Waals surface area contributed by atoms with E-state index in [0.29, 0.717) is 0 Å². The highest BCUT2D eigenvalue weighted by atomic mass is 32.1. The Morgan fingerprint density at radius 1 is 1.40 bits per heavy atom. The summed E-state index contributed by atoms with van der Waals surface area (Å²) in [6.07, 6.45) is 6.56. The molecule has 114 valence electrons. The summed E-state index contributed by atoms with van der Waals surface area (Å²) in [4.78, 5) is 2.53. The third-order valence-electron chi connectivity index (χ3n) is 5.33. The number of nitrogens with zero attached hydrogens (tertiary/aromatic N) is 1. The molecule has 2 N–H and O–H groups in total. The Kier molecular flexibility index (Phi) is 5.65. The van der Waals surface area contributed by atoms with Crippen LogP contribution in [-0.2, 0) is 6.54 Å². The van der Waals surface area contributed by atoms with Gasteiger partial charge >= 0.3 is 0 Å². The van der Waals surface area contributed by atoms with Gasteiger partial charge in [0.25, 0.3) is 0 Å². The fraction of sp³-hybridized carbons (Fsp3) is 0.765. The number of hydrogen-bond acceptors (Lipinski definition) is 3. The van der Waals surface area contributed by atoms with E-state index in [9.17, 15) is 0 Å². The van der Waals surface area contributed by atoms with Crippen LogP contribution in [0.2, 0.25) is 0 Å². The van der Waals surface area contributed by atoms with E-state index in [-0.39, 0.29) is 5.54 Å². The van der Waals surface area contributed by atoms with E-state index in [1.807, 2.05) is 0 Å².